The zero-order chi connectivity index (χ0) is 22.7. The van der Waals surface area contributed by atoms with Crippen molar-refractivity contribution in [2.24, 2.45) is 5.41 Å². The summed E-state index contributed by atoms with van der Waals surface area (Å²) in [5, 5.41) is 3.06. The van der Waals surface area contributed by atoms with Crippen LogP contribution in [0.3, 0.4) is 0 Å². The molecule has 0 unspecified atom stereocenters. The Balaban J connectivity index is 1.53. The summed E-state index contributed by atoms with van der Waals surface area (Å²) in [5.74, 6) is 0.0353. The molecule has 32 heavy (non-hydrogen) atoms. The maximum Gasteiger partial charge on any atom is 0.232 e. The van der Waals surface area contributed by atoms with E-state index in [0.29, 0.717) is 13.0 Å². The molecular formula is C28H30N2O2. The van der Waals surface area contributed by atoms with Crippen LogP contribution in [0.15, 0.2) is 78.9 Å². The Morgan fingerprint density at radius 3 is 2.06 bits per heavy atom. The van der Waals surface area contributed by atoms with Crippen LogP contribution in [0.5, 0.6) is 0 Å². The minimum Gasteiger partial charge on any atom is -0.326 e. The molecule has 3 aromatic carbocycles. The normalized spacial score (nSPS) is 13.2. The fourth-order valence-corrected chi connectivity index (χ4v) is 4.27. The van der Waals surface area contributed by atoms with Crippen LogP contribution in [0, 0.1) is 5.41 Å². The number of carbonyl (C=O) groups is 2. The summed E-state index contributed by atoms with van der Waals surface area (Å²) in [6.07, 6.45) is 1.19. The van der Waals surface area contributed by atoms with Crippen LogP contribution in [-0.4, -0.2) is 18.4 Å². The summed E-state index contributed by atoms with van der Waals surface area (Å²) in [6.45, 7) is 6.50. The van der Waals surface area contributed by atoms with Gasteiger partial charge < -0.3 is 10.2 Å². The Hall–Kier alpha value is -3.40. The van der Waals surface area contributed by atoms with Crippen molar-refractivity contribution in [3.8, 4) is 0 Å². The molecule has 164 valence electrons. The van der Waals surface area contributed by atoms with Gasteiger partial charge in [0.1, 0.15) is 0 Å². The largest absolute Gasteiger partial charge is 0.326 e. The lowest BCUT2D eigenvalue weighted by atomic mass is 9.88. The molecule has 0 atom stereocenters. The van der Waals surface area contributed by atoms with E-state index in [4.69, 9.17) is 0 Å². The minimum atomic E-state index is -0.445. The van der Waals surface area contributed by atoms with E-state index in [1.165, 1.54) is 0 Å². The number of hydrogen-bond donors (Lipinski definition) is 1. The molecule has 4 nitrogen and oxygen atoms in total. The number of hydrogen-bond acceptors (Lipinski definition) is 2. The number of benzene rings is 3. The Bertz CT molecular complexity index is 1060. The van der Waals surface area contributed by atoms with Gasteiger partial charge in [-0.3, -0.25) is 9.59 Å². The first-order chi connectivity index (χ1) is 15.3. The average Bonchev–Trinajstić information content (AvgIpc) is 3.20. The zero-order valence-electron chi connectivity index (χ0n) is 19.0. The highest BCUT2D eigenvalue weighted by Gasteiger charge is 2.32. The highest BCUT2D eigenvalue weighted by atomic mass is 16.2. The van der Waals surface area contributed by atoms with Gasteiger partial charge in [0.05, 0.1) is 0 Å². The van der Waals surface area contributed by atoms with Gasteiger partial charge in [-0.2, -0.15) is 0 Å². The molecule has 0 saturated heterocycles. The van der Waals surface area contributed by atoms with Gasteiger partial charge >= 0.3 is 0 Å². The number of rotatable bonds is 5. The number of nitrogens with one attached hydrogen (secondary N) is 1. The molecule has 3 aromatic rings. The number of amides is 2. The SMILES string of the molecule is CC(C)(C)C(=O)N1CCc2ccc(NC(=O)CC(c3ccccc3)c3ccccc3)cc21. The quantitative estimate of drug-likeness (QED) is 0.562. The topological polar surface area (TPSA) is 49.4 Å². The molecule has 1 N–H and O–H groups in total. The number of anilines is 2. The van der Waals surface area contributed by atoms with Crippen LogP contribution in [-0.2, 0) is 16.0 Å². The predicted octanol–water partition coefficient (Wildman–Crippen LogP) is 5.78. The van der Waals surface area contributed by atoms with Crippen molar-refractivity contribution in [3.05, 3.63) is 95.6 Å². The monoisotopic (exact) mass is 426 g/mol. The molecule has 0 spiro atoms. The van der Waals surface area contributed by atoms with E-state index in [2.05, 4.69) is 29.6 Å². The number of carbonyl (C=O) groups excluding carboxylic acids is 2. The lowest BCUT2D eigenvalue weighted by molar-refractivity contribution is -0.125. The van der Waals surface area contributed by atoms with Gasteiger partial charge in [0, 0.05) is 35.7 Å². The third kappa shape index (κ3) is 4.75. The van der Waals surface area contributed by atoms with Crippen molar-refractivity contribution in [3.63, 3.8) is 0 Å². The fourth-order valence-electron chi connectivity index (χ4n) is 4.27. The fraction of sp³-hybridized carbons (Fsp3) is 0.286. The van der Waals surface area contributed by atoms with E-state index in [-0.39, 0.29) is 17.7 Å². The maximum absolute atomic E-state index is 13.1. The standard InChI is InChI=1S/C28H30N2O2/c1-28(2,3)27(32)30-17-16-22-14-15-23(18-25(22)30)29-26(31)19-24(20-10-6-4-7-11-20)21-12-8-5-9-13-21/h4-15,18,24H,16-17,19H2,1-3H3,(H,29,31). The van der Waals surface area contributed by atoms with Crippen LogP contribution < -0.4 is 10.2 Å². The minimum absolute atomic E-state index is 0.0224. The second-order valence-corrected chi connectivity index (χ2v) is 9.43. The molecule has 4 heteroatoms. The lowest BCUT2D eigenvalue weighted by Gasteiger charge is -2.26. The van der Waals surface area contributed by atoms with E-state index in [0.717, 1.165) is 34.5 Å². The van der Waals surface area contributed by atoms with Crippen molar-refractivity contribution < 1.29 is 9.59 Å². The Morgan fingerprint density at radius 2 is 1.50 bits per heavy atom. The third-order valence-electron chi connectivity index (χ3n) is 5.94. The first kappa shape index (κ1) is 21.8. The summed E-state index contributed by atoms with van der Waals surface area (Å²) in [6, 6.07) is 26.1. The zero-order valence-corrected chi connectivity index (χ0v) is 19.0. The summed E-state index contributed by atoms with van der Waals surface area (Å²) < 4.78 is 0. The van der Waals surface area contributed by atoms with Crippen LogP contribution in [0.1, 0.15) is 49.8 Å². The third-order valence-corrected chi connectivity index (χ3v) is 5.94. The molecule has 1 heterocycles. The first-order valence-corrected chi connectivity index (χ1v) is 11.2. The van der Waals surface area contributed by atoms with Gasteiger partial charge in [0.25, 0.3) is 0 Å². The molecular weight excluding hydrogens is 396 g/mol. The molecule has 0 saturated carbocycles. The van der Waals surface area contributed by atoms with Crippen LogP contribution in [0.4, 0.5) is 11.4 Å². The summed E-state index contributed by atoms with van der Waals surface area (Å²) in [5.41, 5.74) is 4.56. The van der Waals surface area contributed by atoms with Gasteiger partial charge in [0.2, 0.25) is 11.8 Å². The highest BCUT2D eigenvalue weighted by molar-refractivity contribution is 6.00. The highest BCUT2D eigenvalue weighted by Crippen LogP contribution is 2.34. The second kappa shape index (κ2) is 8.99. The second-order valence-electron chi connectivity index (χ2n) is 9.43. The molecule has 0 radical (unpaired) electrons. The van der Waals surface area contributed by atoms with Gasteiger partial charge in [-0.15, -0.1) is 0 Å². The summed E-state index contributed by atoms with van der Waals surface area (Å²) in [7, 11) is 0. The van der Waals surface area contributed by atoms with Crippen molar-refractivity contribution in [2.75, 3.05) is 16.8 Å². The molecule has 1 aliphatic rings. The van der Waals surface area contributed by atoms with E-state index in [1.54, 1.807) is 0 Å². The molecule has 0 aromatic heterocycles. The Kier molecular flexibility index (Phi) is 6.13. The Morgan fingerprint density at radius 1 is 0.906 bits per heavy atom. The number of fused-ring (bicyclic) bond motifs is 1. The smallest absolute Gasteiger partial charge is 0.232 e. The lowest BCUT2D eigenvalue weighted by Crippen LogP contribution is -2.38. The Labute approximate surface area is 190 Å². The van der Waals surface area contributed by atoms with Gasteiger partial charge in [-0.1, -0.05) is 87.5 Å². The van der Waals surface area contributed by atoms with Crippen molar-refractivity contribution in [1.82, 2.24) is 0 Å². The van der Waals surface area contributed by atoms with Crippen LogP contribution in [0.25, 0.3) is 0 Å². The predicted molar refractivity (Wildman–Crippen MR) is 130 cm³/mol. The molecule has 2 amide bonds. The van der Waals surface area contributed by atoms with Crippen molar-refractivity contribution in [2.45, 2.75) is 39.5 Å². The van der Waals surface area contributed by atoms with E-state index < -0.39 is 5.41 Å². The van der Waals surface area contributed by atoms with Gasteiger partial charge in [0.15, 0.2) is 0 Å². The van der Waals surface area contributed by atoms with E-state index in [1.807, 2.05) is 80.3 Å². The van der Waals surface area contributed by atoms with E-state index in [9.17, 15) is 9.59 Å². The maximum atomic E-state index is 13.1. The molecule has 0 aliphatic carbocycles. The average molecular weight is 427 g/mol. The first-order valence-electron chi connectivity index (χ1n) is 11.2. The van der Waals surface area contributed by atoms with Crippen LogP contribution >= 0.6 is 0 Å². The summed E-state index contributed by atoms with van der Waals surface area (Å²) in [4.78, 5) is 27.8. The van der Waals surface area contributed by atoms with Gasteiger partial charge in [-0.25, -0.2) is 0 Å². The molecule has 0 fully saturated rings. The number of nitrogens with zero attached hydrogens (tertiary/aromatic N) is 1. The van der Waals surface area contributed by atoms with Gasteiger partial charge in [-0.05, 0) is 35.2 Å². The van der Waals surface area contributed by atoms with Crippen LogP contribution in [0.2, 0.25) is 0 Å². The summed E-state index contributed by atoms with van der Waals surface area (Å²) >= 11 is 0. The molecule has 1 aliphatic heterocycles. The molecule has 4 rings (SSSR count). The van der Waals surface area contributed by atoms with Crippen molar-refractivity contribution >= 4 is 23.2 Å². The molecule has 0 bridgehead atoms. The van der Waals surface area contributed by atoms with E-state index >= 15 is 0 Å². The van der Waals surface area contributed by atoms with Crippen molar-refractivity contribution in [1.29, 1.82) is 0 Å².